The Kier molecular flexibility index (Phi) is 4.20. The van der Waals surface area contributed by atoms with Crippen molar-refractivity contribution in [2.24, 2.45) is 0 Å². The fourth-order valence-electron chi connectivity index (χ4n) is 1.94. The van der Waals surface area contributed by atoms with E-state index in [1.54, 1.807) is 4.90 Å². The van der Waals surface area contributed by atoms with Gasteiger partial charge in [0.25, 0.3) is 5.91 Å². The Balaban J connectivity index is 2.18. The fraction of sp³-hybridized carbons (Fsp3) is 0.417. The number of alkyl halides is 1. The highest BCUT2D eigenvalue weighted by Crippen LogP contribution is 2.23. The molecule has 17 heavy (non-hydrogen) atoms. The lowest BCUT2D eigenvalue weighted by molar-refractivity contribution is 0.0729. The first-order valence-corrected chi connectivity index (χ1v) is 7.17. The third-order valence-electron chi connectivity index (χ3n) is 2.81. The molecule has 1 aliphatic rings. The van der Waals surface area contributed by atoms with Gasteiger partial charge in [-0.3, -0.25) is 4.79 Å². The van der Waals surface area contributed by atoms with Crippen LogP contribution < -0.4 is 0 Å². The van der Waals surface area contributed by atoms with E-state index in [1.807, 2.05) is 0 Å². The van der Waals surface area contributed by atoms with Crippen molar-refractivity contribution in [1.29, 1.82) is 0 Å². The first-order valence-electron chi connectivity index (χ1n) is 5.46. The monoisotopic (exact) mass is 363 g/mol. The second-order valence-corrected chi connectivity index (χ2v) is 6.26. The standard InChI is InChI=1S/C12H12Br2FNO/c13-8-2-1-5-16(7-8)12(17)10-4-3-9(15)6-11(10)14/h3-4,6,8H,1-2,5,7H2. The van der Waals surface area contributed by atoms with E-state index in [0.29, 0.717) is 21.4 Å². The Bertz CT molecular complexity index is 439. The summed E-state index contributed by atoms with van der Waals surface area (Å²) in [5, 5.41) is 0. The van der Waals surface area contributed by atoms with Gasteiger partial charge in [-0.25, -0.2) is 4.39 Å². The van der Waals surface area contributed by atoms with Gasteiger partial charge in [-0.15, -0.1) is 0 Å². The van der Waals surface area contributed by atoms with Crippen LogP contribution >= 0.6 is 31.9 Å². The second kappa shape index (κ2) is 5.48. The molecule has 0 aromatic heterocycles. The number of hydrogen-bond donors (Lipinski definition) is 0. The minimum atomic E-state index is -0.342. The lowest BCUT2D eigenvalue weighted by atomic mass is 10.1. The quantitative estimate of drug-likeness (QED) is 0.697. The summed E-state index contributed by atoms with van der Waals surface area (Å²) in [4.78, 5) is 14.4. The molecular formula is C12H12Br2FNO. The van der Waals surface area contributed by atoms with E-state index >= 15 is 0 Å². The molecule has 1 aromatic carbocycles. The Labute approximate surface area is 116 Å². The third kappa shape index (κ3) is 3.07. The van der Waals surface area contributed by atoms with Crippen molar-refractivity contribution in [3.05, 3.63) is 34.1 Å². The number of amides is 1. The van der Waals surface area contributed by atoms with Crippen molar-refractivity contribution in [2.45, 2.75) is 17.7 Å². The number of hydrogen-bond acceptors (Lipinski definition) is 1. The molecule has 2 rings (SSSR count). The van der Waals surface area contributed by atoms with Crippen LogP contribution in [-0.4, -0.2) is 28.7 Å². The highest BCUT2D eigenvalue weighted by molar-refractivity contribution is 9.10. The predicted octanol–water partition coefficient (Wildman–Crippen LogP) is 3.59. The summed E-state index contributed by atoms with van der Waals surface area (Å²) in [7, 11) is 0. The van der Waals surface area contributed by atoms with Gasteiger partial charge in [0.15, 0.2) is 0 Å². The van der Waals surface area contributed by atoms with Crippen molar-refractivity contribution in [2.75, 3.05) is 13.1 Å². The number of rotatable bonds is 1. The maximum atomic E-state index is 13.0. The smallest absolute Gasteiger partial charge is 0.255 e. The molecule has 0 spiro atoms. The van der Waals surface area contributed by atoms with E-state index < -0.39 is 0 Å². The predicted molar refractivity (Wildman–Crippen MR) is 72.0 cm³/mol. The number of carbonyl (C=O) groups excluding carboxylic acids is 1. The highest BCUT2D eigenvalue weighted by Gasteiger charge is 2.24. The third-order valence-corrected chi connectivity index (χ3v) is 4.22. The van der Waals surface area contributed by atoms with Crippen LogP contribution in [-0.2, 0) is 0 Å². The van der Waals surface area contributed by atoms with Crippen LogP contribution in [0.1, 0.15) is 23.2 Å². The SMILES string of the molecule is O=C(c1ccc(F)cc1Br)N1CCCC(Br)C1. The van der Waals surface area contributed by atoms with Gasteiger partial charge in [0.05, 0.1) is 5.56 Å². The van der Waals surface area contributed by atoms with Crippen LogP contribution in [0.15, 0.2) is 22.7 Å². The molecule has 0 radical (unpaired) electrons. The molecule has 1 heterocycles. The van der Waals surface area contributed by atoms with Crippen LogP contribution in [0.25, 0.3) is 0 Å². The molecule has 0 saturated carbocycles. The van der Waals surface area contributed by atoms with E-state index in [-0.39, 0.29) is 11.7 Å². The minimum Gasteiger partial charge on any atom is -0.337 e. The average molecular weight is 365 g/mol. The van der Waals surface area contributed by atoms with Gasteiger partial charge in [-0.05, 0) is 47.0 Å². The second-order valence-electron chi connectivity index (χ2n) is 4.11. The summed E-state index contributed by atoms with van der Waals surface area (Å²) in [6.07, 6.45) is 2.09. The van der Waals surface area contributed by atoms with Crippen molar-refractivity contribution < 1.29 is 9.18 Å². The average Bonchev–Trinajstić information content (AvgIpc) is 2.28. The molecule has 1 saturated heterocycles. The van der Waals surface area contributed by atoms with Crippen LogP contribution in [0, 0.1) is 5.82 Å². The minimum absolute atomic E-state index is 0.0407. The largest absolute Gasteiger partial charge is 0.337 e. The van der Waals surface area contributed by atoms with Gasteiger partial charge in [0, 0.05) is 22.4 Å². The molecular weight excluding hydrogens is 353 g/mol. The van der Waals surface area contributed by atoms with Gasteiger partial charge in [-0.2, -0.15) is 0 Å². The van der Waals surface area contributed by atoms with E-state index in [9.17, 15) is 9.18 Å². The van der Waals surface area contributed by atoms with E-state index in [2.05, 4.69) is 31.9 Å². The molecule has 1 amide bonds. The molecule has 2 nitrogen and oxygen atoms in total. The summed E-state index contributed by atoms with van der Waals surface area (Å²) in [5.74, 6) is -0.383. The van der Waals surface area contributed by atoms with Crippen LogP contribution in [0.5, 0.6) is 0 Å². The summed E-state index contributed by atoms with van der Waals surface area (Å²) in [5.41, 5.74) is 0.521. The van der Waals surface area contributed by atoms with Gasteiger partial charge < -0.3 is 4.90 Å². The number of carbonyl (C=O) groups is 1. The first kappa shape index (κ1) is 13.0. The molecule has 0 bridgehead atoms. The van der Waals surface area contributed by atoms with E-state index in [4.69, 9.17) is 0 Å². The zero-order valence-corrected chi connectivity index (χ0v) is 12.3. The lowest BCUT2D eigenvalue weighted by Gasteiger charge is -2.30. The lowest BCUT2D eigenvalue weighted by Crippen LogP contribution is -2.40. The molecule has 5 heteroatoms. The molecule has 1 fully saturated rings. The molecule has 92 valence electrons. The van der Waals surface area contributed by atoms with Crippen LogP contribution in [0.3, 0.4) is 0 Å². The summed E-state index contributed by atoms with van der Waals surface area (Å²) in [6, 6.07) is 4.16. The van der Waals surface area contributed by atoms with E-state index in [1.165, 1.54) is 18.2 Å². The Hall–Kier alpha value is -0.420. The number of benzene rings is 1. The number of nitrogens with zero attached hydrogens (tertiary/aromatic N) is 1. The summed E-state index contributed by atoms with van der Waals surface area (Å²) in [6.45, 7) is 1.48. The molecule has 1 aromatic rings. The molecule has 0 N–H and O–H groups in total. The molecule has 1 atom stereocenters. The Morgan fingerprint density at radius 1 is 1.47 bits per heavy atom. The first-order chi connectivity index (χ1) is 8.08. The van der Waals surface area contributed by atoms with Gasteiger partial charge in [-0.1, -0.05) is 15.9 Å². The molecule has 1 aliphatic heterocycles. The number of likely N-dealkylation sites (tertiary alicyclic amines) is 1. The fourth-order valence-corrected chi connectivity index (χ4v) is 3.14. The van der Waals surface area contributed by atoms with Crippen molar-refractivity contribution in [3.63, 3.8) is 0 Å². The van der Waals surface area contributed by atoms with Crippen LogP contribution in [0.4, 0.5) is 4.39 Å². The van der Waals surface area contributed by atoms with Gasteiger partial charge in [0.2, 0.25) is 0 Å². The Morgan fingerprint density at radius 2 is 2.24 bits per heavy atom. The molecule has 1 unspecified atom stereocenters. The van der Waals surface area contributed by atoms with Crippen molar-refractivity contribution in [3.8, 4) is 0 Å². The zero-order valence-electron chi connectivity index (χ0n) is 9.13. The maximum Gasteiger partial charge on any atom is 0.255 e. The van der Waals surface area contributed by atoms with E-state index in [0.717, 1.165) is 19.4 Å². The number of piperidine rings is 1. The summed E-state index contributed by atoms with van der Waals surface area (Å²) >= 11 is 6.76. The van der Waals surface area contributed by atoms with Gasteiger partial charge in [0.1, 0.15) is 5.82 Å². The van der Waals surface area contributed by atoms with Crippen molar-refractivity contribution >= 4 is 37.8 Å². The van der Waals surface area contributed by atoms with Crippen molar-refractivity contribution in [1.82, 2.24) is 4.90 Å². The Morgan fingerprint density at radius 3 is 2.88 bits per heavy atom. The molecule has 0 aliphatic carbocycles. The normalized spacial score (nSPS) is 20.4. The zero-order chi connectivity index (χ0) is 12.4. The highest BCUT2D eigenvalue weighted by atomic mass is 79.9. The maximum absolute atomic E-state index is 13.0. The topological polar surface area (TPSA) is 20.3 Å². The number of halogens is 3. The van der Waals surface area contributed by atoms with Crippen LogP contribution in [0.2, 0.25) is 0 Å². The van der Waals surface area contributed by atoms with Gasteiger partial charge >= 0.3 is 0 Å². The summed E-state index contributed by atoms with van der Waals surface area (Å²) < 4.78 is 13.5.